The summed E-state index contributed by atoms with van der Waals surface area (Å²) in [5.74, 6) is 2.21. The fraction of sp³-hybridized carbons (Fsp3) is 0.407. The minimum absolute atomic E-state index is 0.117. The van der Waals surface area contributed by atoms with Crippen LogP contribution in [0.3, 0.4) is 0 Å². The Morgan fingerprint density at radius 2 is 2.00 bits per heavy atom. The van der Waals surface area contributed by atoms with Crippen LogP contribution in [0.4, 0.5) is 5.69 Å². The fourth-order valence-electron chi connectivity index (χ4n) is 5.10. The molecular formula is C27H31N3O3. The van der Waals surface area contributed by atoms with Crippen LogP contribution in [0.5, 0.6) is 0 Å². The van der Waals surface area contributed by atoms with Crippen LogP contribution < -0.4 is 5.32 Å². The van der Waals surface area contributed by atoms with Gasteiger partial charge in [0.2, 0.25) is 0 Å². The van der Waals surface area contributed by atoms with Crippen molar-refractivity contribution in [2.75, 3.05) is 25.1 Å². The maximum absolute atomic E-state index is 12.5. The minimum atomic E-state index is -0.117. The van der Waals surface area contributed by atoms with Crippen molar-refractivity contribution in [3.05, 3.63) is 82.6 Å². The Hall–Kier alpha value is -3.12. The maximum atomic E-state index is 12.5. The number of ether oxygens (including phenoxy) is 2. The second kappa shape index (κ2) is 9.40. The summed E-state index contributed by atoms with van der Waals surface area (Å²) >= 11 is 0. The van der Waals surface area contributed by atoms with Crippen molar-refractivity contribution >= 4 is 11.6 Å². The molecule has 6 nitrogen and oxygen atoms in total. The molecule has 1 N–H and O–H groups in total. The molecule has 0 bridgehead atoms. The molecule has 0 saturated carbocycles. The van der Waals surface area contributed by atoms with E-state index in [2.05, 4.69) is 40.3 Å². The van der Waals surface area contributed by atoms with Gasteiger partial charge in [-0.05, 0) is 74.2 Å². The van der Waals surface area contributed by atoms with Crippen molar-refractivity contribution in [1.29, 1.82) is 0 Å². The summed E-state index contributed by atoms with van der Waals surface area (Å²) in [7, 11) is 0. The highest BCUT2D eigenvalue weighted by atomic mass is 16.6. The van der Waals surface area contributed by atoms with E-state index in [9.17, 15) is 4.79 Å². The summed E-state index contributed by atoms with van der Waals surface area (Å²) in [4.78, 5) is 19.2. The quantitative estimate of drug-likeness (QED) is 0.714. The molecular weight excluding hydrogens is 414 g/mol. The predicted octanol–water partition coefficient (Wildman–Crippen LogP) is 4.83. The van der Waals surface area contributed by atoms with Gasteiger partial charge >= 0.3 is 0 Å². The second-order valence-corrected chi connectivity index (χ2v) is 9.22. The molecule has 1 aromatic heterocycles. The molecule has 3 heterocycles. The lowest BCUT2D eigenvalue weighted by atomic mass is 9.87. The Morgan fingerprint density at radius 1 is 1.18 bits per heavy atom. The number of allylic oxidation sites excluding steroid dienone is 2. The van der Waals surface area contributed by atoms with Gasteiger partial charge in [0.25, 0.3) is 5.91 Å². The number of nitrogens with zero attached hydrogens (tertiary/aromatic N) is 2. The first-order chi connectivity index (χ1) is 16.1. The van der Waals surface area contributed by atoms with Crippen molar-refractivity contribution in [1.82, 2.24) is 9.88 Å². The Bertz CT molecular complexity index is 1090. The molecule has 1 saturated heterocycles. The number of benzene rings is 1. The number of nitrogens with one attached hydrogen (secondary N) is 1. The smallest absolute Gasteiger partial charge is 0.255 e. The van der Waals surface area contributed by atoms with E-state index in [0.717, 1.165) is 42.4 Å². The summed E-state index contributed by atoms with van der Waals surface area (Å²) in [6.45, 7) is 7.40. The van der Waals surface area contributed by atoms with E-state index in [0.29, 0.717) is 30.7 Å². The SMILES string of the molecule is Cc1cc(C(=O)Nc2ccc(CN3CCC[C@H]3C3=CC4=C(OCCO4)C(C)C3)cc2)ccn1. The van der Waals surface area contributed by atoms with E-state index in [4.69, 9.17) is 9.47 Å². The van der Waals surface area contributed by atoms with E-state index < -0.39 is 0 Å². The van der Waals surface area contributed by atoms with Crippen LogP contribution in [0, 0.1) is 12.8 Å². The van der Waals surface area contributed by atoms with Crippen LogP contribution in [0.1, 0.15) is 47.8 Å². The monoisotopic (exact) mass is 445 g/mol. The molecule has 1 aliphatic carbocycles. The van der Waals surface area contributed by atoms with E-state index in [1.165, 1.54) is 24.0 Å². The molecule has 3 aliphatic rings. The number of carbonyl (C=O) groups is 1. The normalized spacial score (nSPS) is 22.8. The van der Waals surface area contributed by atoms with E-state index in [-0.39, 0.29) is 5.91 Å². The number of rotatable bonds is 5. The van der Waals surface area contributed by atoms with Gasteiger partial charge in [-0.2, -0.15) is 0 Å². The number of aromatic nitrogens is 1. The molecule has 2 atom stereocenters. The highest BCUT2D eigenvalue weighted by Gasteiger charge is 2.33. The van der Waals surface area contributed by atoms with E-state index in [1.54, 1.807) is 18.3 Å². The number of hydrogen-bond acceptors (Lipinski definition) is 5. The fourth-order valence-corrected chi connectivity index (χ4v) is 5.10. The van der Waals surface area contributed by atoms with Crippen LogP contribution in [0.15, 0.2) is 65.8 Å². The average Bonchev–Trinajstić information content (AvgIpc) is 3.28. The first-order valence-electron chi connectivity index (χ1n) is 11.8. The lowest BCUT2D eigenvalue weighted by molar-refractivity contribution is 0.0498. The predicted molar refractivity (Wildman–Crippen MR) is 128 cm³/mol. The first kappa shape index (κ1) is 21.7. The molecule has 172 valence electrons. The number of aryl methyl sites for hydroxylation is 1. The largest absolute Gasteiger partial charge is 0.490 e. The zero-order chi connectivity index (χ0) is 22.8. The molecule has 1 amide bonds. The van der Waals surface area contributed by atoms with Gasteiger partial charge in [0, 0.05) is 41.6 Å². The Kier molecular flexibility index (Phi) is 6.18. The number of hydrogen-bond donors (Lipinski definition) is 1. The van der Waals surface area contributed by atoms with Crippen molar-refractivity contribution in [3.8, 4) is 0 Å². The molecule has 2 aromatic rings. The van der Waals surface area contributed by atoms with Crippen molar-refractivity contribution in [2.45, 2.75) is 45.7 Å². The van der Waals surface area contributed by atoms with E-state index in [1.807, 2.05) is 19.1 Å². The molecule has 1 aromatic carbocycles. The summed E-state index contributed by atoms with van der Waals surface area (Å²) in [6.07, 6.45) is 7.31. The summed E-state index contributed by atoms with van der Waals surface area (Å²) < 4.78 is 11.8. The maximum Gasteiger partial charge on any atom is 0.255 e. The molecule has 0 spiro atoms. The highest BCUT2D eigenvalue weighted by molar-refractivity contribution is 6.04. The van der Waals surface area contributed by atoms with Gasteiger partial charge in [-0.15, -0.1) is 0 Å². The number of carbonyl (C=O) groups excluding carboxylic acids is 1. The molecule has 5 rings (SSSR count). The van der Waals surface area contributed by atoms with Gasteiger partial charge in [-0.1, -0.05) is 19.1 Å². The summed E-state index contributed by atoms with van der Waals surface area (Å²) in [6, 6.07) is 12.2. The lowest BCUT2D eigenvalue weighted by Crippen LogP contribution is -2.33. The standard InChI is InChI=1S/C27H31N3O3/c1-18-14-22(16-25-26(18)33-13-12-32-25)24-4-3-11-30(24)17-20-5-7-23(8-6-20)29-27(31)21-9-10-28-19(2)15-21/h5-10,15-16,18,24H,3-4,11-14,17H2,1-2H3,(H,29,31)/t18?,24-/m0/s1. The van der Waals surface area contributed by atoms with Crippen LogP contribution in [-0.2, 0) is 16.0 Å². The van der Waals surface area contributed by atoms with Gasteiger partial charge in [-0.25, -0.2) is 0 Å². The Balaban J connectivity index is 1.24. The van der Waals surface area contributed by atoms with Gasteiger partial charge in [0.1, 0.15) is 19.0 Å². The lowest BCUT2D eigenvalue weighted by Gasteiger charge is -2.34. The Labute approximate surface area is 195 Å². The third-order valence-electron chi connectivity index (χ3n) is 6.70. The number of pyridine rings is 1. The minimum Gasteiger partial charge on any atom is -0.490 e. The van der Waals surface area contributed by atoms with Crippen LogP contribution in [0.25, 0.3) is 0 Å². The Morgan fingerprint density at radius 3 is 2.82 bits per heavy atom. The highest BCUT2D eigenvalue weighted by Crippen LogP contribution is 2.38. The van der Waals surface area contributed by atoms with Gasteiger partial charge in [0.05, 0.1) is 0 Å². The van der Waals surface area contributed by atoms with Crippen molar-refractivity contribution < 1.29 is 14.3 Å². The van der Waals surface area contributed by atoms with Gasteiger partial charge in [0.15, 0.2) is 5.76 Å². The first-order valence-corrected chi connectivity index (χ1v) is 11.8. The van der Waals surface area contributed by atoms with E-state index >= 15 is 0 Å². The van der Waals surface area contributed by atoms with Crippen molar-refractivity contribution in [3.63, 3.8) is 0 Å². The topological polar surface area (TPSA) is 63.7 Å². The number of anilines is 1. The van der Waals surface area contributed by atoms with Gasteiger partial charge in [-0.3, -0.25) is 14.7 Å². The van der Waals surface area contributed by atoms with Crippen LogP contribution in [-0.4, -0.2) is 41.6 Å². The van der Waals surface area contributed by atoms with Gasteiger partial charge < -0.3 is 14.8 Å². The molecule has 1 unspecified atom stereocenters. The number of likely N-dealkylation sites (tertiary alicyclic amines) is 1. The summed E-state index contributed by atoms with van der Waals surface area (Å²) in [5.41, 5.74) is 4.96. The van der Waals surface area contributed by atoms with Crippen molar-refractivity contribution in [2.24, 2.45) is 5.92 Å². The third kappa shape index (κ3) is 4.81. The molecule has 6 heteroatoms. The zero-order valence-electron chi connectivity index (χ0n) is 19.3. The molecule has 0 radical (unpaired) electrons. The third-order valence-corrected chi connectivity index (χ3v) is 6.70. The second-order valence-electron chi connectivity index (χ2n) is 9.22. The zero-order valence-corrected chi connectivity index (χ0v) is 19.3. The molecule has 2 aliphatic heterocycles. The average molecular weight is 446 g/mol. The van der Waals surface area contributed by atoms with Crippen LogP contribution in [0.2, 0.25) is 0 Å². The molecule has 33 heavy (non-hydrogen) atoms. The molecule has 1 fully saturated rings. The van der Waals surface area contributed by atoms with Crippen LogP contribution >= 0.6 is 0 Å². The summed E-state index contributed by atoms with van der Waals surface area (Å²) in [5, 5.41) is 2.98. The number of amides is 1.